The first kappa shape index (κ1) is 20.3. The van der Waals surface area contributed by atoms with E-state index in [-0.39, 0.29) is 17.8 Å². The molecule has 0 saturated heterocycles. The molecule has 0 aromatic rings. The van der Waals surface area contributed by atoms with Crippen LogP contribution in [0.25, 0.3) is 0 Å². The minimum absolute atomic E-state index is 0.0297. The van der Waals surface area contributed by atoms with Gasteiger partial charge in [0.15, 0.2) is 5.78 Å². The summed E-state index contributed by atoms with van der Waals surface area (Å²) < 4.78 is 5.14. The highest BCUT2D eigenvalue weighted by atomic mass is 16.5. The van der Waals surface area contributed by atoms with Crippen LogP contribution in [-0.4, -0.2) is 30.2 Å². The molecule has 0 aromatic carbocycles. The quantitative estimate of drug-likeness (QED) is 0.778. The second-order valence-electron chi connectivity index (χ2n) is 10.7. The maximum atomic E-state index is 12.9. The van der Waals surface area contributed by atoms with E-state index in [0.29, 0.717) is 35.5 Å². The lowest BCUT2D eigenvalue weighted by atomic mass is 9.45. The van der Waals surface area contributed by atoms with Crippen molar-refractivity contribution in [3.8, 4) is 0 Å². The first-order valence-corrected chi connectivity index (χ1v) is 10.8. The summed E-state index contributed by atoms with van der Waals surface area (Å²) in [6, 6.07) is 0. The largest absolute Gasteiger partial charge is 0.381 e. The third-order valence-corrected chi connectivity index (χ3v) is 9.33. The van der Waals surface area contributed by atoms with Gasteiger partial charge in [-0.1, -0.05) is 41.0 Å². The van der Waals surface area contributed by atoms with E-state index in [0.717, 1.165) is 31.6 Å². The topological polar surface area (TPSA) is 46.5 Å². The molecule has 7 atom stereocenters. The molecule has 3 aliphatic carbocycles. The number of carbonyl (C=O) groups excluding carboxylic acids is 1. The Morgan fingerprint density at radius 1 is 1.00 bits per heavy atom. The van der Waals surface area contributed by atoms with Gasteiger partial charge in [0.2, 0.25) is 0 Å². The van der Waals surface area contributed by atoms with Crippen molar-refractivity contribution in [2.75, 3.05) is 13.7 Å². The molecular weight excluding hydrogens is 324 g/mol. The molecule has 3 rings (SSSR count). The lowest BCUT2D eigenvalue weighted by Gasteiger charge is -2.60. The number of hydrogen-bond donors (Lipinski definition) is 1. The molecule has 26 heavy (non-hydrogen) atoms. The van der Waals surface area contributed by atoms with E-state index in [2.05, 4.69) is 34.6 Å². The van der Waals surface area contributed by atoms with Crippen LogP contribution in [0.1, 0.15) is 79.6 Å². The number of fused-ring (bicyclic) bond motifs is 3. The molecule has 0 aliphatic heterocycles. The third-order valence-electron chi connectivity index (χ3n) is 9.33. The van der Waals surface area contributed by atoms with E-state index in [1.165, 1.54) is 12.8 Å². The molecule has 3 heteroatoms. The molecule has 1 unspecified atom stereocenters. The van der Waals surface area contributed by atoms with Gasteiger partial charge in [-0.2, -0.15) is 0 Å². The van der Waals surface area contributed by atoms with Crippen LogP contribution in [0.5, 0.6) is 0 Å². The van der Waals surface area contributed by atoms with Gasteiger partial charge in [0.05, 0.1) is 0 Å². The van der Waals surface area contributed by atoms with Crippen LogP contribution in [0.4, 0.5) is 0 Å². The number of aliphatic hydroxyl groups is 1. The number of methoxy groups -OCH3 is 1. The van der Waals surface area contributed by atoms with Gasteiger partial charge in [0.25, 0.3) is 0 Å². The Hall–Kier alpha value is -0.410. The normalized spacial score (nSPS) is 48.2. The number of carbonyl (C=O) groups is 1. The van der Waals surface area contributed by atoms with Crippen LogP contribution in [-0.2, 0) is 9.53 Å². The SMILES string of the molecule is COCC(=O)C1(O)CC[C@@H](C)[C@H]2C[C@@H]3CC[C@@H](C)[C@H](CC[C@@]21C)C3(C)C. The van der Waals surface area contributed by atoms with Gasteiger partial charge in [-0.25, -0.2) is 0 Å². The molecular formula is C23H40O3. The average molecular weight is 365 g/mol. The van der Waals surface area contributed by atoms with Gasteiger partial charge in [-0.05, 0) is 73.5 Å². The van der Waals surface area contributed by atoms with Crippen molar-refractivity contribution >= 4 is 5.78 Å². The van der Waals surface area contributed by atoms with E-state index >= 15 is 0 Å². The highest BCUT2D eigenvalue weighted by Gasteiger charge is 2.61. The maximum absolute atomic E-state index is 12.9. The van der Waals surface area contributed by atoms with Crippen molar-refractivity contribution in [1.29, 1.82) is 0 Å². The summed E-state index contributed by atoms with van der Waals surface area (Å²) in [5, 5.41) is 11.7. The van der Waals surface area contributed by atoms with Gasteiger partial charge < -0.3 is 9.84 Å². The minimum atomic E-state index is -1.22. The van der Waals surface area contributed by atoms with Crippen LogP contribution in [0.15, 0.2) is 0 Å². The number of ketones is 1. The molecule has 150 valence electrons. The highest BCUT2D eigenvalue weighted by molar-refractivity contribution is 5.89. The zero-order chi connectivity index (χ0) is 19.3. The number of rotatable bonds is 3. The lowest BCUT2D eigenvalue weighted by Crippen LogP contribution is -2.63. The predicted octanol–water partition coefficient (Wildman–Crippen LogP) is 4.86. The van der Waals surface area contributed by atoms with Crippen molar-refractivity contribution < 1.29 is 14.6 Å². The fraction of sp³-hybridized carbons (Fsp3) is 0.957. The summed E-state index contributed by atoms with van der Waals surface area (Å²) in [5.41, 5.74) is -1.19. The van der Waals surface area contributed by atoms with Gasteiger partial charge in [0, 0.05) is 12.5 Å². The molecule has 0 amide bonds. The maximum Gasteiger partial charge on any atom is 0.190 e. The Kier molecular flexibility index (Phi) is 5.38. The van der Waals surface area contributed by atoms with Gasteiger partial charge in [-0.3, -0.25) is 4.79 Å². The summed E-state index contributed by atoms with van der Waals surface area (Å²) in [6.45, 7) is 12.0. The Bertz CT molecular complexity index is 542. The lowest BCUT2D eigenvalue weighted by molar-refractivity contribution is -0.192. The Morgan fingerprint density at radius 2 is 1.65 bits per heavy atom. The molecule has 0 spiro atoms. The fourth-order valence-corrected chi connectivity index (χ4v) is 7.36. The fourth-order valence-electron chi connectivity index (χ4n) is 7.36. The first-order valence-electron chi connectivity index (χ1n) is 10.8. The molecule has 3 saturated carbocycles. The van der Waals surface area contributed by atoms with E-state index in [1.807, 2.05) is 0 Å². The minimum Gasteiger partial charge on any atom is -0.381 e. The second kappa shape index (κ2) is 6.88. The Morgan fingerprint density at radius 3 is 2.31 bits per heavy atom. The first-order chi connectivity index (χ1) is 12.1. The standard InChI is InChI=1S/C23H40O3/c1-15-7-8-17-13-19-16(2)9-12-23(25,20(24)14-26-6)22(19,5)11-10-18(15)21(17,3)4/h15-19,25H,7-14H2,1-6H3/t15-,16-,17+,18+,19-,22+,23?/m1/s1. The number of ether oxygens (including phenoxy) is 1. The van der Waals surface area contributed by atoms with Crippen LogP contribution in [0.2, 0.25) is 0 Å². The molecule has 0 aromatic heterocycles. The zero-order valence-electron chi connectivity index (χ0n) is 17.8. The monoisotopic (exact) mass is 364 g/mol. The summed E-state index contributed by atoms with van der Waals surface area (Å²) in [4.78, 5) is 12.9. The Balaban J connectivity index is 2.01. The van der Waals surface area contributed by atoms with Crippen molar-refractivity contribution in [3.05, 3.63) is 0 Å². The van der Waals surface area contributed by atoms with Crippen molar-refractivity contribution in [2.24, 2.45) is 40.4 Å². The van der Waals surface area contributed by atoms with E-state index < -0.39 is 5.60 Å². The van der Waals surface area contributed by atoms with Crippen molar-refractivity contribution in [1.82, 2.24) is 0 Å². The van der Waals surface area contributed by atoms with E-state index in [4.69, 9.17) is 4.74 Å². The van der Waals surface area contributed by atoms with E-state index in [9.17, 15) is 9.90 Å². The van der Waals surface area contributed by atoms with Crippen LogP contribution in [0, 0.1) is 40.4 Å². The molecule has 0 heterocycles. The average Bonchev–Trinajstić information content (AvgIpc) is 2.56. The van der Waals surface area contributed by atoms with E-state index in [1.54, 1.807) is 7.11 Å². The van der Waals surface area contributed by atoms with Crippen molar-refractivity contribution in [2.45, 2.75) is 85.2 Å². The van der Waals surface area contributed by atoms with Gasteiger partial charge >= 0.3 is 0 Å². The Labute approximate surface area is 160 Å². The molecule has 0 radical (unpaired) electrons. The third kappa shape index (κ3) is 2.89. The van der Waals surface area contributed by atoms with Crippen LogP contribution in [0.3, 0.4) is 0 Å². The molecule has 3 nitrogen and oxygen atoms in total. The highest BCUT2D eigenvalue weighted by Crippen LogP contribution is 2.62. The zero-order valence-corrected chi connectivity index (χ0v) is 17.8. The van der Waals surface area contributed by atoms with Crippen molar-refractivity contribution in [3.63, 3.8) is 0 Å². The smallest absolute Gasteiger partial charge is 0.190 e. The molecule has 3 aliphatic rings. The van der Waals surface area contributed by atoms with Crippen LogP contribution < -0.4 is 0 Å². The number of Topliss-reactive ketones (excluding diaryl/α,β-unsaturated/α-hetero) is 1. The predicted molar refractivity (Wildman–Crippen MR) is 105 cm³/mol. The summed E-state index contributed by atoms with van der Waals surface area (Å²) in [7, 11) is 1.55. The summed E-state index contributed by atoms with van der Waals surface area (Å²) in [6.07, 6.45) is 7.43. The van der Waals surface area contributed by atoms with Gasteiger partial charge in [0.1, 0.15) is 12.2 Å². The number of hydrogen-bond acceptors (Lipinski definition) is 3. The van der Waals surface area contributed by atoms with Crippen LogP contribution >= 0.6 is 0 Å². The summed E-state index contributed by atoms with van der Waals surface area (Å²) >= 11 is 0. The van der Waals surface area contributed by atoms with Gasteiger partial charge in [-0.15, -0.1) is 0 Å². The molecule has 3 fully saturated rings. The molecule has 2 bridgehead atoms. The molecule has 1 N–H and O–H groups in total. The summed E-state index contributed by atoms with van der Waals surface area (Å²) in [5.74, 6) is 3.03. The second-order valence-corrected chi connectivity index (χ2v) is 10.7.